The summed E-state index contributed by atoms with van der Waals surface area (Å²) in [6, 6.07) is 5.63. The van der Waals surface area contributed by atoms with Crippen molar-refractivity contribution in [3.05, 3.63) is 35.6 Å². The second-order valence-corrected chi connectivity index (χ2v) is 5.02. The zero-order valence-electron chi connectivity index (χ0n) is 11.3. The summed E-state index contributed by atoms with van der Waals surface area (Å²) in [5.74, 6) is -0.434. The van der Waals surface area contributed by atoms with E-state index in [1.165, 1.54) is 12.1 Å². The van der Waals surface area contributed by atoms with Gasteiger partial charge in [0.2, 0.25) is 5.91 Å². The van der Waals surface area contributed by atoms with Crippen molar-refractivity contribution in [3.63, 3.8) is 0 Å². The Morgan fingerprint density at radius 2 is 1.85 bits per heavy atom. The molecule has 0 aromatic heterocycles. The first-order chi connectivity index (χ1) is 9.60. The first kappa shape index (κ1) is 14.9. The highest BCUT2D eigenvalue weighted by Gasteiger charge is 2.24. The first-order valence-electron chi connectivity index (χ1n) is 6.72. The van der Waals surface area contributed by atoms with Crippen LogP contribution in [0.2, 0.25) is 0 Å². The Morgan fingerprint density at radius 1 is 1.25 bits per heavy atom. The maximum atomic E-state index is 12.8. The van der Waals surface area contributed by atoms with Crippen LogP contribution < -0.4 is 5.73 Å². The molecule has 20 heavy (non-hydrogen) atoms. The fraction of sp³-hybridized carbons (Fsp3) is 0.500. The number of halogens is 1. The van der Waals surface area contributed by atoms with Gasteiger partial charge in [0.05, 0.1) is 6.61 Å². The van der Waals surface area contributed by atoms with E-state index in [2.05, 4.69) is 4.90 Å². The summed E-state index contributed by atoms with van der Waals surface area (Å²) >= 11 is 0. The van der Waals surface area contributed by atoms with E-state index in [1.54, 1.807) is 17.0 Å². The molecule has 2 rings (SSSR count). The van der Waals surface area contributed by atoms with Crippen LogP contribution in [0.1, 0.15) is 5.56 Å². The molecule has 0 saturated carbocycles. The van der Waals surface area contributed by atoms with Gasteiger partial charge in [-0.25, -0.2) is 4.39 Å². The maximum Gasteiger partial charge on any atom is 0.241 e. The monoisotopic (exact) mass is 281 g/mol. The highest BCUT2D eigenvalue weighted by atomic mass is 19.1. The number of benzene rings is 1. The number of hydrogen-bond acceptors (Lipinski definition) is 4. The van der Waals surface area contributed by atoms with Gasteiger partial charge in [-0.15, -0.1) is 0 Å². The van der Waals surface area contributed by atoms with E-state index >= 15 is 0 Å². The van der Waals surface area contributed by atoms with E-state index in [9.17, 15) is 9.18 Å². The van der Waals surface area contributed by atoms with Gasteiger partial charge in [0, 0.05) is 32.7 Å². The van der Waals surface area contributed by atoms with Gasteiger partial charge in [-0.2, -0.15) is 0 Å². The van der Waals surface area contributed by atoms with E-state index in [4.69, 9.17) is 10.8 Å². The van der Waals surface area contributed by atoms with E-state index in [1.807, 2.05) is 0 Å². The lowest BCUT2D eigenvalue weighted by Crippen LogP contribution is -2.53. The van der Waals surface area contributed by atoms with Crippen molar-refractivity contribution in [2.75, 3.05) is 32.8 Å². The van der Waals surface area contributed by atoms with Crippen molar-refractivity contribution in [1.29, 1.82) is 0 Å². The molecule has 0 unspecified atom stereocenters. The molecule has 6 heteroatoms. The molecule has 5 nitrogen and oxygen atoms in total. The molecule has 0 radical (unpaired) electrons. The summed E-state index contributed by atoms with van der Waals surface area (Å²) in [5.41, 5.74) is 6.58. The Bertz CT molecular complexity index is 444. The highest BCUT2D eigenvalue weighted by molar-refractivity contribution is 5.81. The van der Waals surface area contributed by atoms with Crippen molar-refractivity contribution in [2.24, 2.45) is 5.73 Å². The number of nitrogens with two attached hydrogens (primary N) is 1. The van der Waals surface area contributed by atoms with Gasteiger partial charge < -0.3 is 15.7 Å². The third-order valence-electron chi connectivity index (χ3n) is 3.52. The maximum absolute atomic E-state index is 12.8. The van der Waals surface area contributed by atoms with E-state index < -0.39 is 6.04 Å². The normalized spacial score (nSPS) is 18.1. The smallest absolute Gasteiger partial charge is 0.241 e. The lowest BCUT2D eigenvalue weighted by atomic mass is 10.2. The number of nitrogens with zero attached hydrogens (tertiary/aromatic N) is 2. The summed E-state index contributed by atoms with van der Waals surface area (Å²) in [4.78, 5) is 15.7. The standard InChI is InChI=1S/C14H20FN3O2/c15-12-3-1-11(2-4-12)9-17-5-7-18(8-6-17)14(20)13(16)10-19/h1-4,13,19H,5-10,16H2/t13-/m1/s1. The Labute approximate surface area is 117 Å². The van der Waals surface area contributed by atoms with Crippen LogP contribution in [0.15, 0.2) is 24.3 Å². The molecular formula is C14H20FN3O2. The molecule has 1 aromatic rings. The van der Waals surface area contributed by atoms with E-state index in [-0.39, 0.29) is 18.3 Å². The quantitative estimate of drug-likeness (QED) is 0.801. The molecule has 1 fully saturated rings. The average Bonchev–Trinajstić information content (AvgIpc) is 2.49. The number of hydrogen-bond donors (Lipinski definition) is 2. The molecule has 110 valence electrons. The van der Waals surface area contributed by atoms with Crippen LogP contribution in [0.4, 0.5) is 4.39 Å². The SMILES string of the molecule is N[C@H](CO)C(=O)N1CCN(Cc2ccc(F)cc2)CC1. The third kappa shape index (κ3) is 3.75. The van der Waals surface area contributed by atoms with Gasteiger partial charge in [0.25, 0.3) is 0 Å². The highest BCUT2D eigenvalue weighted by Crippen LogP contribution is 2.10. The molecule has 1 heterocycles. The van der Waals surface area contributed by atoms with Crippen molar-refractivity contribution < 1.29 is 14.3 Å². The van der Waals surface area contributed by atoms with Crippen LogP contribution in [0, 0.1) is 5.82 Å². The molecule has 1 saturated heterocycles. The minimum Gasteiger partial charge on any atom is -0.394 e. The fourth-order valence-electron chi connectivity index (χ4n) is 2.29. The average molecular weight is 281 g/mol. The second-order valence-electron chi connectivity index (χ2n) is 5.02. The zero-order valence-corrected chi connectivity index (χ0v) is 11.3. The number of rotatable bonds is 4. The van der Waals surface area contributed by atoms with Crippen LogP contribution in [-0.2, 0) is 11.3 Å². The summed E-state index contributed by atoms with van der Waals surface area (Å²) in [6.45, 7) is 3.13. The van der Waals surface area contributed by atoms with Gasteiger partial charge in [-0.3, -0.25) is 9.69 Å². The molecule has 0 aliphatic carbocycles. The lowest BCUT2D eigenvalue weighted by molar-refractivity contribution is -0.135. The Morgan fingerprint density at radius 3 is 2.40 bits per heavy atom. The zero-order chi connectivity index (χ0) is 14.5. The number of carbonyl (C=O) groups excluding carboxylic acids is 1. The van der Waals surface area contributed by atoms with Crippen LogP contribution in [0.5, 0.6) is 0 Å². The van der Waals surface area contributed by atoms with Crippen molar-refractivity contribution >= 4 is 5.91 Å². The van der Waals surface area contributed by atoms with Crippen molar-refractivity contribution in [1.82, 2.24) is 9.80 Å². The molecular weight excluding hydrogens is 261 g/mol. The van der Waals surface area contributed by atoms with Crippen molar-refractivity contribution in [3.8, 4) is 0 Å². The summed E-state index contributed by atoms with van der Waals surface area (Å²) in [5, 5.41) is 8.89. The Hall–Kier alpha value is -1.50. The van der Waals surface area contributed by atoms with E-state index in [0.717, 1.165) is 25.2 Å². The largest absolute Gasteiger partial charge is 0.394 e. The summed E-state index contributed by atoms with van der Waals surface area (Å²) in [7, 11) is 0. The number of piperazine rings is 1. The molecule has 1 aliphatic rings. The molecule has 1 atom stereocenters. The molecule has 0 spiro atoms. The van der Waals surface area contributed by atoms with Gasteiger partial charge >= 0.3 is 0 Å². The number of amides is 1. The fourth-order valence-corrected chi connectivity index (χ4v) is 2.29. The minimum absolute atomic E-state index is 0.200. The first-order valence-corrected chi connectivity index (χ1v) is 6.72. The topological polar surface area (TPSA) is 69.8 Å². The number of aliphatic hydroxyl groups is 1. The molecule has 3 N–H and O–H groups in total. The number of aliphatic hydroxyl groups excluding tert-OH is 1. The van der Waals surface area contributed by atoms with Crippen molar-refractivity contribution in [2.45, 2.75) is 12.6 Å². The van der Waals surface area contributed by atoms with Gasteiger partial charge in [0.1, 0.15) is 11.9 Å². The van der Waals surface area contributed by atoms with Crippen LogP contribution in [0.25, 0.3) is 0 Å². The van der Waals surface area contributed by atoms with Crippen LogP contribution >= 0.6 is 0 Å². The minimum atomic E-state index is -0.821. The van der Waals surface area contributed by atoms with Crippen LogP contribution in [-0.4, -0.2) is 59.6 Å². The second kappa shape index (κ2) is 6.78. The lowest BCUT2D eigenvalue weighted by Gasteiger charge is -2.35. The van der Waals surface area contributed by atoms with Gasteiger partial charge in [-0.1, -0.05) is 12.1 Å². The third-order valence-corrected chi connectivity index (χ3v) is 3.52. The Balaban J connectivity index is 1.82. The summed E-state index contributed by atoms with van der Waals surface area (Å²) in [6.07, 6.45) is 0. The summed E-state index contributed by atoms with van der Waals surface area (Å²) < 4.78 is 12.8. The molecule has 0 bridgehead atoms. The van der Waals surface area contributed by atoms with Crippen LogP contribution in [0.3, 0.4) is 0 Å². The van der Waals surface area contributed by atoms with E-state index in [0.29, 0.717) is 13.1 Å². The molecule has 1 amide bonds. The number of carbonyl (C=O) groups is 1. The Kier molecular flexibility index (Phi) is 5.05. The predicted octanol–water partition coefficient (Wildman–Crippen LogP) is -0.210. The predicted molar refractivity (Wildman–Crippen MR) is 73.3 cm³/mol. The molecule has 1 aromatic carbocycles. The molecule has 1 aliphatic heterocycles. The van der Waals surface area contributed by atoms with Gasteiger partial charge in [-0.05, 0) is 17.7 Å². The van der Waals surface area contributed by atoms with Gasteiger partial charge in [0.15, 0.2) is 0 Å².